The summed E-state index contributed by atoms with van der Waals surface area (Å²) < 4.78 is 34.3. The number of nitrogens with zero attached hydrogens (tertiary/aromatic N) is 4. The Hall–Kier alpha value is -2.66. The summed E-state index contributed by atoms with van der Waals surface area (Å²) >= 11 is 0. The summed E-state index contributed by atoms with van der Waals surface area (Å²) in [5.74, 6) is -0.702. The van der Waals surface area contributed by atoms with Crippen LogP contribution >= 0.6 is 0 Å². The smallest absolute Gasteiger partial charge is 0.287 e. The molecule has 2 amide bonds. The van der Waals surface area contributed by atoms with Crippen molar-refractivity contribution in [3.63, 3.8) is 0 Å². The Kier molecular flexibility index (Phi) is 6.56. The molecule has 31 heavy (non-hydrogen) atoms. The minimum Gasteiger partial charge on any atom is -0.459 e. The van der Waals surface area contributed by atoms with Crippen LogP contribution in [0.15, 0.2) is 27.7 Å². The largest absolute Gasteiger partial charge is 0.459 e. The molecule has 1 unspecified atom stereocenters. The van der Waals surface area contributed by atoms with E-state index < -0.39 is 22.0 Å². The van der Waals surface area contributed by atoms with E-state index >= 15 is 0 Å². The summed E-state index contributed by atoms with van der Waals surface area (Å²) in [6, 6.07) is 2.40. The van der Waals surface area contributed by atoms with E-state index in [1.807, 2.05) is 13.8 Å². The van der Waals surface area contributed by atoms with E-state index in [2.05, 4.69) is 10.4 Å². The fraction of sp³-hybridized carbons (Fsp3) is 0.550. The van der Waals surface area contributed by atoms with E-state index in [-0.39, 0.29) is 48.7 Å². The van der Waals surface area contributed by atoms with Gasteiger partial charge in [-0.3, -0.25) is 14.3 Å². The zero-order valence-electron chi connectivity index (χ0n) is 18.5. The van der Waals surface area contributed by atoms with Crippen LogP contribution in [0.5, 0.6) is 0 Å². The van der Waals surface area contributed by atoms with Crippen LogP contribution in [0, 0.1) is 19.8 Å². The van der Waals surface area contributed by atoms with Gasteiger partial charge in [0.1, 0.15) is 10.9 Å². The highest BCUT2D eigenvalue weighted by Crippen LogP contribution is 2.24. The van der Waals surface area contributed by atoms with Crippen molar-refractivity contribution in [3.05, 3.63) is 35.5 Å². The van der Waals surface area contributed by atoms with Crippen molar-refractivity contribution in [2.45, 2.75) is 38.6 Å². The number of hydrogen-bond donors (Lipinski definition) is 1. The number of amides is 2. The van der Waals surface area contributed by atoms with Crippen LogP contribution in [-0.4, -0.2) is 71.4 Å². The normalized spacial score (nSPS) is 16.5. The molecule has 0 spiro atoms. The van der Waals surface area contributed by atoms with Crippen LogP contribution < -0.4 is 5.32 Å². The first kappa shape index (κ1) is 23.0. The Morgan fingerprint density at radius 2 is 1.81 bits per heavy atom. The van der Waals surface area contributed by atoms with Gasteiger partial charge in [-0.15, -0.1) is 0 Å². The number of sulfonamides is 1. The number of piperazine rings is 1. The van der Waals surface area contributed by atoms with E-state index in [9.17, 15) is 18.0 Å². The Bertz CT molecular complexity index is 1050. The van der Waals surface area contributed by atoms with Crippen LogP contribution in [-0.2, 0) is 21.9 Å². The zero-order chi connectivity index (χ0) is 22.9. The minimum atomic E-state index is -3.71. The Labute approximate surface area is 182 Å². The van der Waals surface area contributed by atoms with Crippen LogP contribution in [0.4, 0.5) is 0 Å². The van der Waals surface area contributed by atoms with Crippen molar-refractivity contribution < 1.29 is 22.4 Å². The molecule has 0 aromatic carbocycles. The molecule has 2 aromatic rings. The number of hydrogen-bond acceptors (Lipinski definition) is 6. The van der Waals surface area contributed by atoms with E-state index in [1.165, 1.54) is 16.6 Å². The molecule has 3 rings (SSSR count). The lowest BCUT2D eigenvalue weighted by Crippen LogP contribution is -2.57. The third-order valence-corrected chi connectivity index (χ3v) is 7.71. The first-order valence-corrected chi connectivity index (χ1v) is 11.6. The number of carbonyl (C=O) groups is 2. The molecule has 1 aliphatic heterocycles. The standard InChI is InChI=1S/C20H29N5O5S/c1-13(2)17(21-19(26)16-7-6-12-30-16)20(27)24-8-10-25(11-9-24)31(28,29)18-14(3)22-23(5)15(18)4/h6-7,12-13,17H,8-11H2,1-5H3,(H,21,26). The first-order chi connectivity index (χ1) is 14.5. The van der Waals surface area contributed by atoms with Crippen LogP contribution in [0.25, 0.3) is 0 Å². The molecule has 0 bridgehead atoms. The topological polar surface area (TPSA) is 118 Å². The Balaban J connectivity index is 1.68. The van der Waals surface area contributed by atoms with Gasteiger partial charge in [0.15, 0.2) is 5.76 Å². The molecule has 2 aromatic heterocycles. The van der Waals surface area contributed by atoms with Crippen molar-refractivity contribution in [2.24, 2.45) is 13.0 Å². The van der Waals surface area contributed by atoms with Gasteiger partial charge in [-0.25, -0.2) is 8.42 Å². The predicted molar refractivity (Wildman–Crippen MR) is 113 cm³/mol. The van der Waals surface area contributed by atoms with Gasteiger partial charge in [-0.2, -0.15) is 9.40 Å². The van der Waals surface area contributed by atoms with Crippen LogP contribution in [0.3, 0.4) is 0 Å². The molecule has 170 valence electrons. The lowest BCUT2D eigenvalue weighted by Gasteiger charge is -2.36. The van der Waals surface area contributed by atoms with Crippen LogP contribution in [0.1, 0.15) is 35.8 Å². The van der Waals surface area contributed by atoms with Crippen molar-refractivity contribution in [1.29, 1.82) is 0 Å². The molecule has 0 aliphatic carbocycles. The molecule has 11 heteroatoms. The fourth-order valence-corrected chi connectivity index (χ4v) is 5.56. The van der Waals surface area contributed by atoms with Gasteiger partial charge >= 0.3 is 0 Å². The molecule has 1 atom stereocenters. The summed E-state index contributed by atoms with van der Waals surface area (Å²) in [7, 11) is -2.00. The molecular formula is C20H29N5O5S. The SMILES string of the molecule is Cc1nn(C)c(C)c1S(=O)(=O)N1CCN(C(=O)C(NC(=O)c2ccco2)C(C)C)CC1. The summed E-state index contributed by atoms with van der Waals surface area (Å²) in [6.07, 6.45) is 1.40. The lowest BCUT2D eigenvalue weighted by atomic mass is 10.0. The Morgan fingerprint density at radius 3 is 2.29 bits per heavy atom. The summed E-state index contributed by atoms with van der Waals surface area (Å²) in [5.41, 5.74) is 1.04. The number of aryl methyl sites for hydroxylation is 2. The summed E-state index contributed by atoms with van der Waals surface area (Å²) in [4.78, 5) is 27.2. The average Bonchev–Trinajstić information content (AvgIpc) is 3.34. The maximum Gasteiger partial charge on any atom is 0.287 e. The van der Waals surface area contributed by atoms with Gasteiger partial charge in [0, 0.05) is 33.2 Å². The lowest BCUT2D eigenvalue weighted by molar-refractivity contribution is -0.135. The van der Waals surface area contributed by atoms with Gasteiger partial charge in [0.05, 0.1) is 17.7 Å². The molecule has 0 radical (unpaired) electrons. The van der Waals surface area contributed by atoms with Gasteiger partial charge in [-0.05, 0) is 31.9 Å². The number of nitrogens with one attached hydrogen (secondary N) is 1. The zero-order valence-corrected chi connectivity index (χ0v) is 19.3. The molecule has 0 saturated carbocycles. The van der Waals surface area contributed by atoms with Crippen molar-refractivity contribution in [1.82, 2.24) is 24.3 Å². The third kappa shape index (κ3) is 4.52. The fourth-order valence-electron chi connectivity index (χ4n) is 3.74. The second kappa shape index (κ2) is 8.83. The highest BCUT2D eigenvalue weighted by Gasteiger charge is 2.36. The van der Waals surface area contributed by atoms with Crippen molar-refractivity contribution >= 4 is 21.8 Å². The van der Waals surface area contributed by atoms with E-state index in [4.69, 9.17) is 4.42 Å². The Morgan fingerprint density at radius 1 is 1.16 bits per heavy atom. The highest BCUT2D eigenvalue weighted by molar-refractivity contribution is 7.89. The number of furan rings is 1. The average molecular weight is 452 g/mol. The quantitative estimate of drug-likeness (QED) is 0.698. The van der Waals surface area contributed by atoms with Gasteiger partial charge in [-0.1, -0.05) is 13.8 Å². The molecule has 3 heterocycles. The summed E-state index contributed by atoms with van der Waals surface area (Å²) in [6.45, 7) is 7.94. The highest BCUT2D eigenvalue weighted by atomic mass is 32.2. The van der Waals surface area contributed by atoms with Crippen LogP contribution in [0.2, 0.25) is 0 Å². The molecule has 1 N–H and O–H groups in total. The first-order valence-electron chi connectivity index (χ1n) is 10.2. The van der Waals surface area contributed by atoms with Gasteiger partial charge < -0.3 is 14.6 Å². The van der Waals surface area contributed by atoms with E-state index in [1.54, 1.807) is 36.5 Å². The maximum atomic E-state index is 13.1. The molecule has 1 saturated heterocycles. The van der Waals surface area contributed by atoms with E-state index in [0.717, 1.165) is 0 Å². The number of rotatable bonds is 6. The van der Waals surface area contributed by atoms with E-state index in [0.29, 0.717) is 11.4 Å². The van der Waals surface area contributed by atoms with Gasteiger partial charge in [0.25, 0.3) is 5.91 Å². The van der Waals surface area contributed by atoms with Gasteiger partial charge in [0.2, 0.25) is 15.9 Å². The molecular weight excluding hydrogens is 422 g/mol. The predicted octanol–water partition coefficient (Wildman–Crippen LogP) is 0.917. The summed E-state index contributed by atoms with van der Waals surface area (Å²) in [5, 5.41) is 6.94. The maximum absolute atomic E-state index is 13.1. The van der Waals surface area contributed by atoms with Crippen molar-refractivity contribution in [3.8, 4) is 0 Å². The monoisotopic (exact) mass is 451 g/mol. The number of carbonyl (C=O) groups excluding carboxylic acids is 2. The molecule has 1 aliphatic rings. The number of aromatic nitrogens is 2. The second-order valence-corrected chi connectivity index (χ2v) is 9.90. The minimum absolute atomic E-state index is 0.136. The second-order valence-electron chi connectivity index (χ2n) is 8.03. The molecule has 10 nitrogen and oxygen atoms in total. The molecule has 1 fully saturated rings. The third-order valence-electron chi connectivity index (χ3n) is 5.56. The van der Waals surface area contributed by atoms with Crippen molar-refractivity contribution in [2.75, 3.05) is 26.2 Å².